The van der Waals surface area contributed by atoms with Crippen LogP contribution < -0.4 is 10.6 Å². The summed E-state index contributed by atoms with van der Waals surface area (Å²) in [6.45, 7) is 5.14. The second kappa shape index (κ2) is 8.18. The van der Waals surface area contributed by atoms with Crippen LogP contribution in [0.1, 0.15) is 57.9 Å². The van der Waals surface area contributed by atoms with Gasteiger partial charge < -0.3 is 10.6 Å². The predicted molar refractivity (Wildman–Crippen MR) is 88.2 cm³/mol. The molecular formula is C18H28N2O. The first kappa shape index (κ1) is 16.0. The Morgan fingerprint density at radius 2 is 1.86 bits per heavy atom. The molecule has 0 heterocycles. The van der Waals surface area contributed by atoms with E-state index in [1.807, 2.05) is 12.1 Å². The van der Waals surface area contributed by atoms with Crippen molar-refractivity contribution >= 4 is 11.6 Å². The summed E-state index contributed by atoms with van der Waals surface area (Å²) in [5.74, 6) is 0.926. The van der Waals surface area contributed by atoms with E-state index in [0.29, 0.717) is 12.5 Å². The van der Waals surface area contributed by atoms with Crippen LogP contribution in [0.4, 0.5) is 5.69 Å². The van der Waals surface area contributed by atoms with Crippen molar-refractivity contribution in [2.24, 2.45) is 5.92 Å². The highest BCUT2D eigenvalue weighted by atomic mass is 16.1. The van der Waals surface area contributed by atoms with Gasteiger partial charge in [-0.2, -0.15) is 0 Å². The quantitative estimate of drug-likeness (QED) is 0.793. The number of benzene rings is 1. The smallest absolute Gasteiger partial charge is 0.224 e. The first-order chi connectivity index (χ1) is 10.1. The van der Waals surface area contributed by atoms with Crippen molar-refractivity contribution in [3.05, 3.63) is 29.8 Å². The average molecular weight is 288 g/mol. The molecule has 1 aromatic carbocycles. The fourth-order valence-electron chi connectivity index (χ4n) is 2.89. The fourth-order valence-corrected chi connectivity index (χ4v) is 2.89. The second-order valence-electron chi connectivity index (χ2n) is 6.47. The van der Waals surface area contributed by atoms with Gasteiger partial charge in [0.05, 0.1) is 0 Å². The Bertz CT molecular complexity index is 433. The molecular weight excluding hydrogens is 260 g/mol. The molecule has 0 aromatic heterocycles. The minimum atomic E-state index is 0.148. The van der Waals surface area contributed by atoms with Crippen molar-refractivity contribution < 1.29 is 4.79 Å². The number of carbonyl (C=O) groups excluding carboxylic acids is 1. The topological polar surface area (TPSA) is 41.1 Å². The monoisotopic (exact) mass is 288 g/mol. The van der Waals surface area contributed by atoms with Crippen molar-refractivity contribution in [1.29, 1.82) is 0 Å². The molecule has 0 atom stereocenters. The van der Waals surface area contributed by atoms with Crippen molar-refractivity contribution in [1.82, 2.24) is 5.32 Å². The average Bonchev–Trinajstić information content (AvgIpc) is 2.98. The van der Waals surface area contributed by atoms with Crippen LogP contribution in [0, 0.1) is 5.92 Å². The van der Waals surface area contributed by atoms with Crippen LogP contribution in [0.3, 0.4) is 0 Å². The maximum atomic E-state index is 11.9. The van der Waals surface area contributed by atoms with Crippen LogP contribution in [-0.2, 0) is 11.3 Å². The molecule has 1 amide bonds. The highest BCUT2D eigenvalue weighted by Gasteiger charge is 2.16. The number of carbonyl (C=O) groups is 1. The molecule has 1 aliphatic carbocycles. The summed E-state index contributed by atoms with van der Waals surface area (Å²) in [5, 5.41) is 6.38. The Kier molecular flexibility index (Phi) is 6.24. The van der Waals surface area contributed by atoms with Crippen LogP contribution in [0.15, 0.2) is 24.3 Å². The van der Waals surface area contributed by atoms with Crippen molar-refractivity contribution in [2.75, 3.05) is 5.32 Å². The Balaban J connectivity index is 1.72. The van der Waals surface area contributed by atoms with Gasteiger partial charge in [0.1, 0.15) is 0 Å². The molecule has 0 saturated heterocycles. The maximum absolute atomic E-state index is 11.9. The van der Waals surface area contributed by atoms with Crippen LogP contribution in [-0.4, -0.2) is 11.9 Å². The van der Waals surface area contributed by atoms with E-state index in [9.17, 15) is 4.79 Å². The molecule has 1 fully saturated rings. The third-order valence-corrected chi connectivity index (χ3v) is 4.21. The molecule has 3 heteroatoms. The van der Waals surface area contributed by atoms with Crippen LogP contribution in [0.25, 0.3) is 0 Å². The molecule has 0 aliphatic heterocycles. The van der Waals surface area contributed by atoms with Crippen LogP contribution in [0.5, 0.6) is 0 Å². The molecule has 21 heavy (non-hydrogen) atoms. The lowest BCUT2D eigenvalue weighted by Crippen LogP contribution is -2.21. The van der Waals surface area contributed by atoms with E-state index < -0.39 is 0 Å². The maximum Gasteiger partial charge on any atom is 0.224 e. The van der Waals surface area contributed by atoms with Gasteiger partial charge in [0, 0.05) is 24.7 Å². The summed E-state index contributed by atoms with van der Waals surface area (Å²) < 4.78 is 0. The lowest BCUT2D eigenvalue weighted by molar-refractivity contribution is -0.116. The van der Waals surface area contributed by atoms with Crippen molar-refractivity contribution in [3.63, 3.8) is 0 Å². The van der Waals surface area contributed by atoms with E-state index in [4.69, 9.17) is 0 Å². The van der Waals surface area contributed by atoms with Gasteiger partial charge in [-0.15, -0.1) is 0 Å². The first-order valence-electron chi connectivity index (χ1n) is 8.25. The van der Waals surface area contributed by atoms with Crippen LogP contribution >= 0.6 is 0 Å². The van der Waals surface area contributed by atoms with Crippen LogP contribution in [0.2, 0.25) is 0 Å². The molecule has 1 saturated carbocycles. The minimum absolute atomic E-state index is 0.148. The SMILES string of the molecule is CC(C)NCc1ccc(NC(=O)CCC2CCCC2)cc1. The van der Waals surface area contributed by atoms with E-state index in [0.717, 1.165) is 24.6 Å². The van der Waals surface area contributed by atoms with Gasteiger partial charge in [-0.05, 0) is 30.0 Å². The Morgan fingerprint density at radius 1 is 1.19 bits per heavy atom. The summed E-state index contributed by atoms with van der Waals surface area (Å²) in [6, 6.07) is 8.61. The largest absolute Gasteiger partial charge is 0.326 e. The molecule has 2 rings (SSSR count). The lowest BCUT2D eigenvalue weighted by atomic mass is 10.0. The summed E-state index contributed by atoms with van der Waals surface area (Å²) >= 11 is 0. The van der Waals surface area contributed by atoms with E-state index in [1.54, 1.807) is 0 Å². The van der Waals surface area contributed by atoms with Crippen molar-refractivity contribution in [3.8, 4) is 0 Å². The van der Waals surface area contributed by atoms with E-state index in [-0.39, 0.29) is 5.91 Å². The van der Waals surface area contributed by atoms with Gasteiger partial charge in [-0.3, -0.25) is 4.79 Å². The summed E-state index contributed by atoms with van der Waals surface area (Å²) in [4.78, 5) is 11.9. The molecule has 0 spiro atoms. The first-order valence-corrected chi connectivity index (χ1v) is 8.25. The number of rotatable bonds is 7. The zero-order chi connectivity index (χ0) is 15.1. The van der Waals surface area contributed by atoms with Gasteiger partial charge in [-0.25, -0.2) is 0 Å². The van der Waals surface area contributed by atoms with Gasteiger partial charge in [-0.1, -0.05) is 51.7 Å². The number of anilines is 1. The standard InChI is InChI=1S/C18H28N2O/c1-14(2)19-13-16-7-10-17(11-8-16)20-18(21)12-9-15-5-3-4-6-15/h7-8,10-11,14-15,19H,3-6,9,12-13H2,1-2H3,(H,20,21). The highest BCUT2D eigenvalue weighted by molar-refractivity contribution is 5.90. The Hall–Kier alpha value is -1.35. The Labute approximate surface area is 128 Å². The second-order valence-corrected chi connectivity index (χ2v) is 6.47. The minimum Gasteiger partial charge on any atom is -0.326 e. The van der Waals surface area contributed by atoms with Gasteiger partial charge >= 0.3 is 0 Å². The molecule has 0 unspecified atom stereocenters. The van der Waals surface area contributed by atoms with Gasteiger partial charge in [0.2, 0.25) is 5.91 Å². The lowest BCUT2D eigenvalue weighted by Gasteiger charge is -2.11. The third kappa shape index (κ3) is 5.88. The third-order valence-electron chi connectivity index (χ3n) is 4.21. The Morgan fingerprint density at radius 3 is 2.48 bits per heavy atom. The molecule has 1 aliphatic rings. The number of hydrogen-bond acceptors (Lipinski definition) is 2. The highest BCUT2D eigenvalue weighted by Crippen LogP contribution is 2.28. The fraction of sp³-hybridized carbons (Fsp3) is 0.611. The number of hydrogen-bond donors (Lipinski definition) is 2. The number of amides is 1. The normalized spacial score (nSPS) is 15.6. The predicted octanol–water partition coefficient (Wildman–Crippen LogP) is 4.09. The van der Waals surface area contributed by atoms with E-state index >= 15 is 0 Å². The summed E-state index contributed by atoms with van der Waals surface area (Å²) in [6.07, 6.45) is 7.01. The van der Waals surface area contributed by atoms with Crippen molar-refractivity contribution in [2.45, 2.75) is 65.0 Å². The summed E-state index contributed by atoms with van der Waals surface area (Å²) in [7, 11) is 0. The van der Waals surface area contributed by atoms with E-state index in [2.05, 4.69) is 36.6 Å². The molecule has 0 radical (unpaired) electrons. The molecule has 3 nitrogen and oxygen atoms in total. The molecule has 1 aromatic rings. The van der Waals surface area contributed by atoms with Gasteiger partial charge in [0.25, 0.3) is 0 Å². The number of nitrogens with one attached hydrogen (secondary N) is 2. The zero-order valence-corrected chi connectivity index (χ0v) is 13.3. The molecule has 2 N–H and O–H groups in total. The zero-order valence-electron chi connectivity index (χ0n) is 13.3. The molecule has 116 valence electrons. The molecule has 0 bridgehead atoms. The van der Waals surface area contributed by atoms with E-state index in [1.165, 1.54) is 31.2 Å². The van der Waals surface area contributed by atoms with Gasteiger partial charge in [0.15, 0.2) is 0 Å². The summed E-state index contributed by atoms with van der Waals surface area (Å²) in [5.41, 5.74) is 2.15.